The molecule has 0 fully saturated rings. The number of methoxy groups -OCH3 is 1. The molecular weight excluding hydrogens is 508 g/mol. The van der Waals surface area contributed by atoms with Crippen LogP contribution in [-0.4, -0.2) is 25.0 Å². The largest absolute Gasteiger partial charge is 0.519 e. The molecule has 7 nitrogen and oxygen atoms in total. The summed E-state index contributed by atoms with van der Waals surface area (Å²) >= 11 is 0. The quantitative estimate of drug-likeness (QED) is 0.0968. The first-order valence-electron chi connectivity index (χ1n) is 12.8. The summed E-state index contributed by atoms with van der Waals surface area (Å²) in [5.41, 5.74) is 2.77. The zero-order chi connectivity index (χ0) is 28.7. The highest BCUT2D eigenvalue weighted by molar-refractivity contribution is 6.09. The molecule has 0 aliphatic heterocycles. The molecule has 0 heterocycles. The minimum absolute atomic E-state index is 0.156. The fourth-order valence-corrected chi connectivity index (χ4v) is 4.32. The second-order valence-electron chi connectivity index (χ2n) is 9.36. The standard InChI is InChI=1S/C33H30O7/c1-5-33(3,25-10-18-28(19-11-25)38-22(2)34)26-12-20-30(21-13-26)40-32(36)39-29-16-8-24(9-17-29)31(35)23-6-14-27(37-4)15-7-23/h6-21H,5H2,1-4H3. The van der Waals surface area contributed by atoms with Crippen LogP contribution in [0.4, 0.5) is 4.79 Å². The first-order valence-corrected chi connectivity index (χ1v) is 12.8. The van der Waals surface area contributed by atoms with Crippen LogP contribution >= 0.6 is 0 Å². The molecule has 0 aliphatic rings. The lowest BCUT2D eigenvalue weighted by Gasteiger charge is -2.30. The van der Waals surface area contributed by atoms with Gasteiger partial charge in [0, 0.05) is 23.5 Å². The van der Waals surface area contributed by atoms with Crippen LogP contribution in [0.15, 0.2) is 97.1 Å². The third kappa shape index (κ3) is 6.56. The van der Waals surface area contributed by atoms with E-state index in [-0.39, 0.29) is 22.9 Å². The molecule has 204 valence electrons. The van der Waals surface area contributed by atoms with Crippen LogP contribution in [-0.2, 0) is 10.2 Å². The van der Waals surface area contributed by atoms with Gasteiger partial charge in [-0.25, -0.2) is 4.79 Å². The highest BCUT2D eigenvalue weighted by Crippen LogP contribution is 2.36. The van der Waals surface area contributed by atoms with Gasteiger partial charge in [-0.1, -0.05) is 38.1 Å². The summed E-state index contributed by atoms with van der Waals surface area (Å²) < 4.78 is 20.9. The summed E-state index contributed by atoms with van der Waals surface area (Å²) in [6, 6.07) is 27.8. The van der Waals surface area contributed by atoms with Crippen LogP contribution in [0.2, 0.25) is 0 Å². The molecular formula is C33H30O7. The summed E-state index contributed by atoms with van der Waals surface area (Å²) in [6.45, 7) is 5.59. The molecule has 0 amide bonds. The molecule has 7 heteroatoms. The summed E-state index contributed by atoms with van der Waals surface area (Å²) in [5, 5.41) is 0. The van der Waals surface area contributed by atoms with E-state index in [2.05, 4.69) is 13.8 Å². The van der Waals surface area contributed by atoms with E-state index in [0.717, 1.165) is 17.5 Å². The third-order valence-electron chi connectivity index (χ3n) is 6.82. The Morgan fingerprint density at radius 2 is 0.975 bits per heavy atom. The van der Waals surface area contributed by atoms with E-state index in [4.69, 9.17) is 18.9 Å². The maximum Gasteiger partial charge on any atom is 0.519 e. The minimum Gasteiger partial charge on any atom is -0.497 e. The van der Waals surface area contributed by atoms with Gasteiger partial charge < -0.3 is 18.9 Å². The summed E-state index contributed by atoms with van der Waals surface area (Å²) in [7, 11) is 1.56. The lowest BCUT2D eigenvalue weighted by atomic mass is 9.74. The minimum atomic E-state index is -0.888. The maximum absolute atomic E-state index is 12.7. The molecule has 0 aromatic heterocycles. The molecule has 1 unspecified atom stereocenters. The molecule has 0 spiro atoms. The number of esters is 1. The summed E-state index contributed by atoms with van der Waals surface area (Å²) in [4.78, 5) is 36.3. The molecule has 4 rings (SSSR count). The van der Waals surface area contributed by atoms with Crippen LogP contribution in [0.25, 0.3) is 0 Å². The Hall–Kier alpha value is -4.91. The highest BCUT2D eigenvalue weighted by atomic mass is 16.7. The van der Waals surface area contributed by atoms with Gasteiger partial charge in [-0.2, -0.15) is 0 Å². The number of ketones is 1. The van der Waals surface area contributed by atoms with E-state index in [1.54, 1.807) is 79.9 Å². The molecule has 0 bridgehead atoms. The van der Waals surface area contributed by atoms with Crippen molar-refractivity contribution >= 4 is 17.9 Å². The Kier molecular flexibility index (Phi) is 8.64. The number of hydrogen-bond donors (Lipinski definition) is 0. The monoisotopic (exact) mass is 538 g/mol. The molecule has 0 N–H and O–H groups in total. The van der Waals surface area contributed by atoms with Crippen molar-refractivity contribution in [2.75, 3.05) is 7.11 Å². The smallest absolute Gasteiger partial charge is 0.497 e. The average Bonchev–Trinajstić information content (AvgIpc) is 2.97. The summed E-state index contributed by atoms with van der Waals surface area (Å²) in [6.07, 6.45) is -0.0691. The fourth-order valence-electron chi connectivity index (χ4n) is 4.32. The zero-order valence-electron chi connectivity index (χ0n) is 22.8. The van der Waals surface area contributed by atoms with Gasteiger partial charge in [-0.15, -0.1) is 0 Å². The lowest BCUT2D eigenvalue weighted by molar-refractivity contribution is -0.131. The second kappa shape index (κ2) is 12.3. The number of ether oxygens (including phenoxy) is 4. The molecule has 40 heavy (non-hydrogen) atoms. The number of carbonyl (C=O) groups is 3. The predicted octanol–water partition coefficient (Wildman–Crippen LogP) is 7.15. The van der Waals surface area contributed by atoms with Crippen molar-refractivity contribution in [1.29, 1.82) is 0 Å². The van der Waals surface area contributed by atoms with Gasteiger partial charge in [0.15, 0.2) is 5.78 Å². The first kappa shape index (κ1) is 28.1. The van der Waals surface area contributed by atoms with Crippen LogP contribution in [0, 0.1) is 0 Å². The van der Waals surface area contributed by atoms with E-state index in [1.165, 1.54) is 6.92 Å². The number of benzene rings is 4. The predicted molar refractivity (Wildman–Crippen MR) is 150 cm³/mol. The fraction of sp³-hybridized carbons (Fsp3) is 0.182. The van der Waals surface area contributed by atoms with Gasteiger partial charge in [0.05, 0.1) is 7.11 Å². The van der Waals surface area contributed by atoms with Gasteiger partial charge in [0.2, 0.25) is 0 Å². The summed E-state index contributed by atoms with van der Waals surface area (Å²) in [5.74, 6) is 1.23. The van der Waals surface area contributed by atoms with Crippen molar-refractivity contribution < 1.29 is 33.3 Å². The van der Waals surface area contributed by atoms with Crippen molar-refractivity contribution in [1.82, 2.24) is 0 Å². The van der Waals surface area contributed by atoms with E-state index < -0.39 is 6.16 Å². The first-order chi connectivity index (χ1) is 19.2. The Morgan fingerprint density at radius 3 is 1.35 bits per heavy atom. The van der Waals surface area contributed by atoms with Crippen LogP contribution in [0.3, 0.4) is 0 Å². The van der Waals surface area contributed by atoms with Crippen molar-refractivity contribution in [3.8, 4) is 23.0 Å². The van der Waals surface area contributed by atoms with E-state index in [1.807, 2.05) is 24.3 Å². The average molecular weight is 539 g/mol. The van der Waals surface area contributed by atoms with Crippen LogP contribution in [0.5, 0.6) is 23.0 Å². The molecule has 4 aromatic rings. The van der Waals surface area contributed by atoms with Gasteiger partial charge in [-0.05, 0) is 90.3 Å². The lowest BCUT2D eigenvalue weighted by Crippen LogP contribution is -2.22. The van der Waals surface area contributed by atoms with Crippen molar-refractivity contribution in [2.45, 2.75) is 32.6 Å². The topological polar surface area (TPSA) is 88.1 Å². The van der Waals surface area contributed by atoms with Gasteiger partial charge in [0.1, 0.15) is 23.0 Å². The van der Waals surface area contributed by atoms with E-state index >= 15 is 0 Å². The van der Waals surface area contributed by atoms with Crippen molar-refractivity contribution in [2.24, 2.45) is 0 Å². The highest BCUT2D eigenvalue weighted by Gasteiger charge is 2.27. The molecule has 0 saturated carbocycles. The van der Waals surface area contributed by atoms with Crippen molar-refractivity contribution in [3.63, 3.8) is 0 Å². The molecule has 0 saturated heterocycles. The van der Waals surface area contributed by atoms with Gasteiger partial charge in [-0.3, -0.25) is 9.59 Å². The number of hydrogen-bond acceptors (Lipinski definition) is 7. The van der Waals surface area contributed by atoms with Crippen LogP contribution < -0.4 is 18.9 Å². The Labute approximate surface area is 233 Å². The molecule has 4 aromatic carbocycles. The Morgan fingerprint density at radius 1 is 0.600 bits per heavy atom. The maximum atomic E-state index is 12.7. The van der Waals surface area contributed by atoms with Gasteiger partial charge in [0.25, 0.3) is 0 Å². The zero-order valence-corrected chi connectivity index (χ0v) is 22.8. The molecule has 0 aliphatic carbocycles. The molecule has 1 atom stereocenters. The SMILES string of the molecule is CCC(C)(c1ccc(OC(C)=O)cc1)c1ccc(OC(=O)Oc2ccc(C(=O)c3ccc(OC)cc3)cc2)cc1. The van der Waals surface area contributed by atoms with E-state index in [0.29, 0.717) is 28.4 Å². The normalized spacial score (nSPS) is 12.1. The molecule has 0 radical (unpaired) electrons. The number of rotatable bonds is 9. The number of carbonyl (C=O) groups excluding carboxylic acids is 3. The van der Waals surface area contributed by atoms with Gasteiger partial charge >= 0.3 is 12.1 Å². The third-order valence-corrected chi connectivity index (χ3v) is 6.82. The van der Waals surface area contributed by atoms with E-state index in [9.17, 15) is 14.4 Å². The van der Waals surface area contributed by atoms with Crippen LogP contribution in [0.1, 0.15) is 54.2 Å². The Bertz CT molecular complexity index is 1470. The van der Waals surface area contributed by atoms with Crippen molar-refractivity contribution in [3.05, 3.63) is 119 Å². The Balaban J connectivity index is 1.38. The second-order valence-corrected chi connectivity index (χ2v) is 9.36.